The molecule has 0 aromatic heterocycles. The number of nitrogens with zero attached hydrogens (tertiary/aromatic N) is 1. The van der Waals surface area contributed by atoms with Gasteiger partial charge in [-0.15, -0.1) is 0 Å². The lowest BCUT2D eigenvalue weighted by Crippen LogP contribution is -2.32. The maximum Gasteiger partial charge on any atom is 0.335 e. The predicted molar refractivity (Wildman–Crippen MR) is 81.8 cm³/mol. The fraction of sp³-hybridized carbons (Fsp3) is 0.571. The van der Waals surface area contributed by atoms with Gasteiger partial charge in [0.25, 0.3) is 0 Å². The number of unbranched alkanes of at least 4 members (excludes halogenated alkanes) is 2. The topological polar surface area (TPSA) is 83.6 Å². The van der Waals surface area contributed by atoms with E-state index >= 15 is 0 Å². The summed E-state index contributed by atoms with van der Waals surface area (Å²) in [7, 11) is -4.07. The maximum atomic E-state index is 11.2. The molecule has 3 N–H and O–H groups in total. The third-order valence-corrected chi connectivity index (χ3v) is 4.21. The van der Waals surface area contributed by atoms with Crippen LogP contribution in [0.4, 0.5) is 5.69 Å². The normalized spacial score (nSPS) is 11.9. The highest BCUT2D eigenvalue weighted by molar-refractivity contribution is 7.83. The van der Waals surface area contributed by atoms with E-state index in [0.717, 1.165) is 42.1 Å². The lowest BCUT2D eigenvalue weighted by Gasteiger charge is -2.17. The molecule has 114 valence electrons. The predicted octanol–water partition coefficient (Wildman–Crippen LogP) is 2.50. The Morgan fingerprint density at radius 1 is 1.10 bits per heavy atom. The lowest BCUT2D eigenvalue weighted by molar-refractivity contribution is 0.340. The van der Waals surface area contributed by atoms with Crippen LogP contribution in [0.5, 0.6) is 0 Å². The average molecular weight is 300 g/mol. The highest BCUT2D eigenvalue weighted by atomic mass is 32.2. The molecular weight excluding hydrogens is 276 g/mol. The van der Waals surface area contributed by atoms with Crippen LogP contribution in [0, 0.1) is 0 Å². The van der Waals surface area contributed by atoms with Gasteiger partial charge in [0, 0.05) is 18.8 Å². The van der Waals surface area contributed by atoms with Gasteiger partial charge in [0.1, 0.15) is 0 Å². The number of hydrogen-bond donors (Lipinski definition) is 2. The van der Waals surface area contributed by atoms with Crippen molar-refractivity contribution in [2.45, 2.75) is 39.0 Å². The highest BCUT2D eigenvalue weighted by Gasteiger charge is 2.17. The van der Waals surface area contributed by atoms with Crippen LogP contribution >= 0.6 is 0 Å². The number of anilines is 1. The summed E-state index contributed by atoms with van der Waals surface area (Å²) < 4.78 is 32.7. The molecule has 0 aliphatic heterocycles. The third kappa shape index (κ3) is 6.36. The lowest BCUT2D eigenvalue weighted by atomic mass is 10.1. The van der Waals surface area contributed by atoms with E-state index in [1.165, 1.54) is 5.56 Å². The molecule has 0 heterocycles. The molecular formula is C14H24N2O3S. The largest absolute Gasteiger partial charge is 0.399 e. The first-order valence-corrected chi connectivity index (χ1v) is 8.40. The summed E-state index contributed by atoms with van der Waals surface area (Å²) in [6, 6.07) is 7.68. The van der Waals surface area contributed by atoms with Gasteiger partial charge in [-0.1, -0.05) is 25.5 Å². The second kappa shape index (κ2) is 8.24. The van der Waals surface area contributed by atoms with Gasteiger partial charge in [-0.2, -0.15) is 12.7 Å². The zero-order valence-corrected chi connectivity index (χ0v) is 12.8. The molecule has 0 saturated heterocycles. The minimum Gasteiger partial charge on any atom is -0.399 e. The van der Waals surface area contributed by atoms with Crippen LogP contribution in [-0.2, 0) is 16.7 Å². The zero-order chi connectivity index (χ0) is 15.0. The average Bonchev–Trinajstić information content (AvgIpc) is 2.38. The Morgan fingerprint density at radius 2 is 1.70 bits per heavy atom. The first kappa shape index (κ1) is 16.9. The molecule has 0 spiro atoms. The summed E-state index contributed by atoms with van der Waals surface area (Å²) in [4.78, 5) is 0. The summed E-state index contributed by atoms with van der Waals surface area (Å²) in [6.45, 7) is 2.74. The van der Waals surface area contributed by atoms with Gasteiger partial charge in [0.05, 0.1) is 0 Å². The summed E-state index contributed by atoms with van der Waals surface area (Å²) >= 11 is 0. The first-order valence-electron chi connectivity index (χ1n) is 7.00. The molecule has 0 bridgehead atoms. The van der Waals surface area contributed by atoms with Crippen LogP contribution in [0.15, 0.2) is 24.3 Å². The summed E-state index contributed by atoms with van der Waals surface area (Å²) in [5.41, 5.74) is 7.54. The zero-order valence-electron chi connectivity index (χ0n) is 12.0. The molecule has 0 radical (unpaired) electrons. The van der Waals surface area contributed by atoms with Gasteiger partial charge in [-0.05, 0) is 43.4 Å². The van der Waals surface area contributed by atoms with Gasteiger partial charge in [0.15, 0.2) is 0 Å². The van der Waals surface area contributed by atoms with E-state index in [4.69, 9.17) is 10.3 Å². The van der Waals surface area contributed by atoms with Crippen LogP contribution in [0.3, 0.4) is 0 Å². The fourth-order valence-corrected chi connectivity index (χ4v) is 2.70. The number of nitrogen functional groups attached to an aromatic ring is 1. The molecule has 0 aliphatic carbocycles. The van der Waals surface area contributed by atoms with Gasteiger partial charge < -0.3 is 5.73 Å². The van der Waals surface area contributed by atoms with Crippen LogP contribution in [-0.4, -0.2) is 30.4 Å². The summed E-state index contributed by atoms with van der Waals surface area (Å²) in [5.74, 6) is 0. The van der Waals surface area contributed by atoms with Gasteiger partial charge in [-0.25, -0.2) is 0 Å². The third-order valence-electron chi connectivity index (χ3n) is 3.19. The van der Waals surface area contributed by atoms with E-state index < -0.39 is 10.3 Å². The SMILES string of the molecule is CCCCN(CCCCc1ccc(N)cc1)S(=O)(=O)O. The van der Waals surface area contributed by atoms with Crippen molar-refractivity contribution >= 4 is 16.0 Å². The number of aryl methyl sites for hydroxylation is 1. The molecule has 5 nitrogen and oxygen atoms in total. The van der Waals surface area contributed by atoms with E-state index in [2.05, 4.69) is 0 Å². The summed E-state index contributed by atoms with van der Waals surface area (Å²) in [6.07, 6.45) is 4.15. The van der Waals surface area contributed by atoms with Crippen molar-refractivity contribution in [2.75, 3.05) is 18.8 Å². The second-order valence-corrected chi connectivity index (χ2v) is 6.34. The minimum absolute atomic E-state index is 0.369. The molecule has 0 unspecified atom stereocenters. The molecule has 20 heavy (non-hydrogen) atoms. The molecule has 1 rings (SSSR count). The number of hydrogen-bond acceptors (Lipinski definition) is 3. The molecule has 0 fully saturated rings. The fourth-order valence-electron chi connectivity index (χ4n) is 1.98. The van der Waals surface area contributed by atoms with E-state index in [9.17, 15) is 8.42 Å². The molecule has 1 aromatic carbocycles. The highest BCUT2D eigenvalue weighted by Crippen LogP contribution is 2.10. The molecule has 6 heteroatoms. The van der Waals surface area contributed by atoms with Crippen molar-refractivity contribution in [1.82, 2.24) is 4.31 Å². The Balaban J connectivity index is 2.35. The van der Waals surface area contributed by atoms with Crippen molar-refractivity contribution in [3.05, 3.63) is 29.8 Å². The van der Waals surface area contributed by atoms with Gasteiger partial charge in [0.2, 0.25) is 0 Å². The molecule has 0 saturated carbocycles. The Bertz CT molecular complexity index is 486. The maximum absolute atomic E-state index is 11.2. The molecule has 0 aliphatic rings. The van der Waals surface area contributed by atoms with Gasteiger partial charge >= 0.3 is 10.3 Å². The summed E-state index contributed by atoms with van der Waals surface area (Å²) in [5, 5.41) is 0. The van der Waals surface area contributed by atoms with E-state index in [1.54, 1.807) is 0 Å². The molecule has 1 aromatic rings. The number of nitrogens with two attached hydrogens (primary N) is 1. The minimum atomic E-state index is -4.07. The standard InChI is InChI=1S/C14H24N2O3S/c1-2-3-11-16(20(17,18)19)12-5-4-6-13-7-9-14(15)10-8-13/h7-10H,2-6,11-12,15H2,1H3,(H,17,18,19). The monoisotopic (exact) mass is 300 g/mol. The van der Waals surface area contributed by atoms with Crippen molar-refractivity contribution in [1.29, 1.82) is 0 Å². The van der Waals surface area contributed by atoms with E-state index in [-0.39, 0.29) is 0 Å². The Hall–Kier alpha value is -1.11. The van der Waals surface area contributed by atoms with Crippen LogP contribution in [0.2, 0.25) is 0 Å². The van der Waals surface area contributed by atoms with Crippen molar-refractivity contribution < 1.29 is 13.0 Å². The van der Waals surface area contributed by atoms with Crippen LogP contribution in [0.1, 0.15) is 38.2 Å². The first-order chi connectivity index (χ1) is 9.43. The van der Waals surface area contributed by atoms with E-state index in [1.807, 2.05) is 31.2 Å². The Labute approximate surface area is 121 Å². The Morgan fingerprint density at radius 3 is 2.25 bits per heavy atom. The smallest absolute Gasteiger partial charge is 0.335 e. The van der Waals surface area contributed by atoms with Crippen molar-refractivity contribution in [2.24, 2.45) is 0 Å². The molecule has 0 amide bonds. The Kier molecular flexibility index (Phi) is 6.98. The van der Waals surface area contributed by atoms with Crippen LogP contribution < -0.4 is 5.73 Å². The second-order valence-electron chi connectivity index (χ2n) is 4.93. The molecule has 0 atom stereocenters. The van der Waals surface area contributed by atoms with Crippen LogP contribution in [0.25, 0.3) is 0 Å². The van der Waals surface area contributed by atoms with E-state index in [0.29, 0.717) is 13.1 Å². The quantitative estimate of drug-likeness (QED) is 0.417. The number of benzene rings is 1. The van der Waals surface area contributed by atoms with Crippen molar-refractivity contribution in [3.8, 4) is 0 Å². The number of rotatable bonds is 9. The van der Waals surface area contributed by atoms with Gasteiger partial charge in [-0.3, -0.25) is 4.55 Å². The van der Waals surface area contributed by atoms with Crippen molar-refractivity contribution in [3.63, 3.8) is 0 Å².